The maximum atomic E-state index is 12.9. The highest BCUT2D eigenvalue weighted by Gasteiger charge is 2.18. The standard InChI is InChI=1S/C19H20FN3O2/c1-3-25-16-5-4-12-23-17(13(2)22-18(16)23)19(24)21-11-10-14-6-8-15(20)9-7-14/h4-9,12H,3,10-11H2,1-2H3,(H,21,24). The Morgan fingerprint density at radius 2 is 2.04 bits per heavy atom. The summed E-state index contributed by atoms with van der Waals surface area (Å²) in [6.07, 6.45) is 2.43. The summed E-state index contributed by atoms with van der Waals surface area (Å²) in [5.41, 5.74) is 2.74. The van der Waals surface area contributed by atoms with E-state index in [-0.39, 0.29) is 11.7 Å². The lowest BCUT2D eigenvalue weighted by Gasteiger charge is -2.08. The van der Waals surface area contributed by atoms with Crippen molar-refractivity contribution in [2.75, 3.05) is 13.2 Å². The molecule has 0 spiro atoms. The summed E-state index contributed by atoms with van der Waals surface area (Å²) in [6.45, 7) is 4.70. The Labute approximate surface area is 145 Å². The fraction of sp³-hybridized carbons (Fsp3) is 0.263. The maximum Gasteiger partial charge on any atom is 0.270 e. The lowest BCUT2D eigenvalue weighted by molar-refractivity contribution is 0.0947. The van der Waals surface area contributed by atoms with Crippen LogP contribution >= 0.6 is 0 Å². The van der Waals surface area contributed by atoms with Crippen molar-refractivity contribution in [1.29, 1.82) is 0 Å². The number of hydrogen-bond donors (Lipinski definition) is 1. The molecule has 0 aliphatic rings. The molecule has 130 valence electrons. The van der Waals surface area contributed by atoms with Gasteiger partial charge in [-0.15, -0.1) is 0 Å². The molecule has 2 heterocycles. The highest BCUT2D eigenvalue weighted by molar-refractivity contribution is 5.95. The fourth-order valence-corrected chi connectivity index (χ4v) is 2.75. The van der Waals surface area contributed by atoms with Crippen LogP contribution in [0.25, 0.3) is 5.65 Å². The molecule has 3 rings (SSSR count). The molecule has 2 aromatic heterocycles. The van der Waals surface area contributed by atoms with E-state index in [4.69, 9.17) is 4.74 Å². The molecule has 0 saturated carbocycles. The Bertz CT molecular complexity index is 888. The minimum absolute atomic E-state index is 0.194. The van der Waals surface area contributed by atoms with E-state index in [9.17, 15) is 9.18 Å². The first kappa shape index (κ1) is 17.0. The number of ether oxygens (including phenoxy) is 1. The van der Waals surface area contributed by atoms with E-state index in [1.807, 2.05) is 19.1 Å². The molecular formula is C19H20FN3O2. The second-order valence-corrected chi connectivity index (χ2v) is 5.68. The number of aryl methyl sites for hydroxylation is 1. The molecule has 0 saturated heterocycles. The Hall–Kier alpha value is -2.89. The van der Waals surface area contributed by atoms with Gasteiger partial charge in [0, 0.05) is 12.7 Å². The number of pyridine rings is 1. The number of nitrogens with zero attached hydrogens (tertiary/aromatic N) is 2. The van der Waals surface area contributed by atoms with Gasteiger partial charge in [0.1, 0.15) is 11.5 Å². The van der Waals surface area contributed by atoms with Crippen LogP contribution in [0.15, 0.2) is 42.6 Å². The van der Waals surface area contributed by atoms with E-state index in [0.717, 1.165) is 5.56 Å². The summed E-state index contributed by atoms with van der Waals surface area (Å²) in [5, 5.41) is 2.90. The van der Waals surface area contributed by atoms with Crippen LogP contribution in [0.1, 0.15) is 28.7 Å². The predicted octanol–water partition coefficient (Wildman–Crippen LogP) is 3.15. The van der Waals surface area contributed by atoms with Crippen LogP contribution < -0.4 is 10.1 Å². The number of carbonyl (C=O) groups is 1. The molecule has 5 nitrogen and oxygen atoms in total. The monoisotopic (exact) mass is 341 g/mol. The summed E-state index contributed by atoms with van der Waals surface area (Å²) >= 11 is 0. The number of hydrogen-bond acceptors (Lipinski definition) is 3. The van der Waals surface area contributed by atoms with Crippen LogP contribution in [-0.4, -0.2) is 28.4 Å². The van der Waals surface area contributed by atoms with Gasteiger partial charge >= 0.3 is 0 Å². The number of aromatic nitrogens is 2. The van der Waals surface area contributed by atoms with Gasteiger partial charge in [-0.25, -0.2) is 9.37 Å². The molecule has 0 radical (unpaired) electrons. The molecule has 25 heavy (non-hydrogen) atoms. The normalized spacial score (nSPS) is 10.8. The lowest BCUT2D eigenvalue weighted by atomic mass is 10.1. The zero-order chi connectivity index (χ0) is 17.8. The summed E-state index contributed by atoms with van der Waals surface area (Å²) < 4.78 is 20.2. The molecule has 1 aromatic carbocycles. The van der Waals surface area contributed by atoms with Crippen molar-refractivity contribution < 1.29 is 13.9 Å². The molecule has 6 heteroatoms. The Morgan fingerprint density at radius 1 is 1.28 bits per heavy atom. The van der Waals surface area contributed by atoms with Gasteiger partial charge in [0.2, 0.25) is 0 Å². The minimum Gasteiger partial charge on any atom is -0.490 e. The number of rotatable bonds is 6. The SMILES string of the molecule is CCOc1cccn2c(C(=O)NCCc3ccc(F)cc3)c(C)nc12. The van der Waals surface area contributed by atoms with Crippen molar-refractivity contribution in [1.82, 2.24) is 14.7 Å². The highest BCUT2D eigenvalue weighted by Crippen LogP contribution is 2.22. The Morgan fingerprint density at radius 3 is 2.76 bits per heavy atom. The van der Waals surface area contributed by atoms with Gasteiger partial charge in [-0.2, -0.15) is 0 Å². The van der Waals surface area contributed by atoms with E-state index in [0.29, 0.717) is 42.4 Å². The second-order valence-electron chi connectivity index (χ2n) is 5.68. The number of amides is 1. The largest absolute Gasteiger partial charge is 0.490 e. The zero-order valence-electron chi connectivity index (χ0n) is 14.3. The van der Waals surface area contributed by atoms with Gasteiger partial charge in [-0.05, 0) is 50.1 Å². The van der Waals surface area contributed by atoms with Gasteiger partial charge in [-0.1, -0.05) is 12.1 Å². The second kappa shape index (κ2) is 7.34. The Balaban J connectivity index is 1.74. The van der Waals surface area contributed by atoms with Crippen LogP contribution in [0.4, 0.5) is 4.39 Å². The molecule has 0 aliphatic heterocycles. The van der Waals surface area contributed by atoms with Crippen LogP contribution in [0, 0.1) is 12.7 Å². The number of fused-ring (bicyclic) bond motifs is 1. The molecule has 0 unspecified atom stereocenters. The number of halogens is 1. The topological polar surface area (TPSA) is 55.6 Å². The molecule has 1 N–H and O–H groups in total. The van der Waals surface area contributed by atoms with Crippen molar-refractivity contribution in [3.05, 3.63) is 65.4 Å². The third kappa shape index (κ3) is 3.63. The van der Waals surface area contributed by atoms with Crippen LogP contribution in [0.5, 0.6) is 5.75 Å². The maximum absolute atomic E-state index is 12.9. The van der Waals surface area contributed by atoms with Gasteiger partial charge in [0.15, 0.2) is 11.4 Å². The van der Waals surface area contributed by atoms with Gasteiger partial charge in [0.05, 0.1) is 12.3 Å². The summed E-state index contributed by atoms with van der Waals surface area (Å²) in [4.78, 5) is 17.0. The molecule has 0 atom stereocenters. The highest BCUT2D eigenvalue weighted by atomic mass is 19.1. The average molecular weight is 341 g/mol. The van der Waals surface area contributed by atoms with E-state index in [2.05, 4.69) is 10.3 Å². The van der Waals surface area contributed by atoms with E-state index >= 15 is 0 Å². The summed E-state index contributed by atoms with van der Waals surface area (Å²) in [7, 11) is 0. The number of imidazole rings is 1. The first-order valence-corrected chi connectivity index (χ1v) is 8.23. The van der Waals surface area contributed by atoms with Gasteiger partial charge < -0.3 is 10.1 Å². The van der Waals surface area contributed by atoms with Crippen molar-refractivity contribution in [3.63, 3.8) is 0 Å². The van der Waals surface area contributed by atoms with Gasteiger partial charge in [-0.3, -0.25) is 9.20 Å². The van der Waals surface area contributed by atoms with Crippen molar-refractivity contribution in [2.45, 2.75) is 20.3 Å². The molecular weight excluding hydrogens is 321 g/mol. The molecule has 0 bridgehead atoms. The minimum atomic E-state index is -0.265. The Kier molecular flexibility index (Phi) is 4.97. The first-order chi connectivity index (χ1) is 12.1. The molecule has 1 amide bonds. The van der Waals surface area contributed by atoms with Crippen LogP contribution in [0.3, 0.4) is 0 Å². The summed E-state index contributed by atoms with van der Waals surface area (Å²) in [6, 6.07) is 9.93. The zero-order valence-corrected chi connectivity index (χ0v) is 14.3. The van der Waals surface area contributed by atoms with Crippen LogP contribution in [0.2, 0.25) is 0 Å². The average Bonchev–Trinajstić information content (AvgIpc) is 2.94. The molecule has 0 fully saturated rings. The van der Waals surface area contributed by atoms with Gasteiger partial charge in [0.25, 0.3) is 5.91 Å². The van der Waals surface area contributed by atoms with Crippen molar-refractivity contribution in [2.24, 2.45) is 0 Å². The third-order valence-corrected chi connectivity index (χ3v) is 3.92. The summed E-state index contributed by atoms with van der Waals surface area (Å²) in [5.74, 6) is 0.193. The molecule has 0 aliphatic carbocycles. The quantitative estimate of drug-likeness (QED) is 0.749. The third-order valence-electron chi connectivity index (χ3n) is 3.92. The predicted molar refractivity (Wildman–Crippen MR) is 93.5 cm³/mol. The van der Waals surface area contributed by atoms with E-state index < -0.39 is 0 Å². The lowest BCUT2D eigenvalue weighted by Crippen LogP contribution is -2.27. The van der Waals surface area contributed by atoms with Crippen molar-refractivity contribution >= 4 is 11.6 Å². The van der Waals surface area contributed by atoms with E-state index in [1.54, 1.807) is 29.7 Å². The first-order valence-electron chi connectivity index (χ1n) is 8.23. The van der Waals surface area contributed by atoms with Crippen LogP contribution in [-0.2, 0) is 6.42 Å². The number of benzene rings is 1. The molecule has 3 aromatic rings. The fourth-order valence-electron chi connectivity index (χ4n) is 2.75. The smallest absolute Gasteiger partial charge is 0.270 e. The number of carbonyl (C=O) groups excluding carboxylic acids is 1. The van der Waals surface area contributed by atoms with Crippen molar-refractivity contribution in [3.8, 4) is 5.75 Å². The number of nitrogens with one attached hydrogen (secondary N) is 1. The van der Waals surface area contributed by atoms with E-state index in [1.165, 1.54) is 12.1 Å².